The van der Waals surface area contributed by atoms with Gasteiger partial charge in [-0.15, -0.1) is 0 Å². The molecule has 0 bridgehead atoms. The summed E-state index contributed by atoms with van der Waals surface area (Å²) in [6.07, 6.45) is 0. The van der Waals surface area contributed by atoms with E-state index in [1.807, 2.05) is 12.1 Å². The van der Waals surface area contributed by atoms with E-state index in [4.69, 9.17) is 0 Å². The molecule has 2 rings (SSSR count). The van der Waals surface area contributed by atoms with Gasteiger partial charge >= 0.3 is 0 Å². The zero-order valence-corrected chi connectivity index (χ0v) is 12.6. The summed E-state index contributed by atoms with van der Waals surface area (Å²) in [7, 11) is 0. The topological polar surface area (TPSA) is 44.9 Å². The van der Waals surface area contributed by atoms with Crippen LogP contribution < -0.4 is 10.9 Å². The van der Waals surface area contributed by atoms with E-state index in [2.05, 4.69) is 56.2 Å². The first-order chi connectivity index (χ1) is 9.47. The van der Waals surface area contributed by atoms with Crippen molar-refractivity contribution in [3.8, 4) is 11.3 Å². The molecule has 1 aromatic carbocycles. The van der Waals surface area contributed by atoms with E-state index in [9.17, 15) is 4.79 Å². The first kappa shape index (κ1) is 14.5. The molecule has 0 aliphatic carbocycles. The zero-order chi connectivity index (χ0) is 14.7. The third-order valence-electron chi connectivity index (χ3n) is 3.36. The molecule has 0 atom stereocenters. The van der Waals surface area contributed by atoms with Crippen LogP contribution in [-0.2, 0) is 6.54 Å². The Morgan fingerprint density at radius 2 is 1.90 bits per heavy atom. The van der Waals surface area contributed by atoms with Crippen LogP contribution in [0.4, 0.5) is 0 Å². The molecule has 2 N–H and O–H groups in total. The quantitative estimate of drug-likeness (QED) is 0.896. The Labute approximate surface area is 120 Å². The number of benzene rings is 1. The fraction of sp³-hybridized carbons (Fsp3) is 0.353. The maximum atomic E-state index is 12.1. The lowest BCUT2D eigenvalue weighted by molar-refractivity contribution is 0.586. The fourth-order valence-electron chi connectivity index (χ4n) is 2.23. The second-order valence-corrected chi connectivity index (χ2v) is 5.58. The Morgan fingerprint density at radius 1 is 1.15 bits per heavy atom. The second kappa shape index (κ2) is 6.06. The highest BCUT2D eigenvalue weighted by atomic mass is 16.1. The number of hydrogen-bond acceptors (Lipinski definition) is 2. The average molecular weight is 270 g/mol. The number of pyridine rings is 1. The molecule has 0 amide bonds. The van der Waals surface area contributed by atoms with E-state index in [1.165, 1.54) is 11.1 Å². The molecule has 0 unspecified atom stereocenters. The number of aromatic nitrogens is 1. The van der Waals surface area contributed by atoms with Crippen molar-refractivity contribution in [1.82, 2.24) is 10.3 Å². The zero-order valence-electron chi connectivity index (χ0n) is 12.6. The van der Waals surface area contributed by atoms with Gasteiger partial charge in [-0.3, -0.25) is 4.79 Å². The average Bonchev–Trinajstić information content (AvgIpc) is 2.37. The lowest BCUT2D eigenvalue weighted by Gasteiger charge is -2.10. The monoisotopic (exact) mass is 270 g/mol. The van der Waals surface area contributed by atoms with Crippen molar-refractivity contribution in [2.24, 2.45) is 0 Å². The third-order valence-corrected chi connectivity index (χ3v) is 3.36. The van der Waals surface area contributed by atoms with Gasteiger partial charge in [-0.2, -0.15) is 0 Å². The van der Waals surface area contributed by atoms with Gasteiger partial charge in [0.2, 0.25) is 0 Å². The van der Waals surface area contributed by atoms with Gasteiger partial charge in [0.1, 0.15) is 0 Å². The molecule has 0 saturated carbocycles. The third kappa shape index (κ3) is 3.36. The molecule has 0 radical (unpaired) electrons. The van der Waals surface area contributed by atoms with Crippen molar-refractivity contribution in [3.63, 3.8) is 0 Å². The van der Waals surface area contributed by atoms with E-state index in [0.717, 1.165) is 16.8 Å². The van der Waals surface area contributed by atoms with Crippen LogP contribution in [0.1, 0.15) is 30.5 Å². The lowest BCUT2D eigenvalue weighted by atomic mass is 10.0. The van der Waals surface area contributed by atoms with Crippen molar-refractivity contribution < 1.29 is 0 Å². The Bertz CT molecular complexity index is 656. The number of aryl methyl sites for hydroxylation is 2. The molecule has 0 aliphatic rings. The number of nitrogens with one attached hydrogen (secondary N) is 2. The van der Waals surface area contributed by atoms with E-state index >= 15 is 0 Å². The van der Waals surface area contributed by atoms with Crippen LogP contribution in [0, 0.1) is 13.8 Å². The summed E-state index contributed by atoms with van der Waals surface area (Å²) < 4.78 is 0. The number of aromatic amines is 1. The van der Waals surface area contributed by atoms with E-state index in [0.29, 0.717) is 12.6 Å². The molecule has 3 heteroatoms. The molecule has 106 valence electrons. The predicted molar refractivity (Wildman–Crippen MR) is 83.9 cm³/mol. The fourth-order valence-corrected chi connectivity index (χ4v) is 2.23. The molecule has 20 heavy (non-hydrogen) atoms. The number of H-pyrrole nitrogens is 1. The van der Waals surface area contributed by atoms with Gasteiger partial charge in [-0.05, 0) is 25.5 Å². The minimum Gasteiger partial charge on any atom is -0.322 e. The smallest absolute Gasteiger partial charge is 0.252 e. The van der Waals surface area contributed by atoms with Crippen LogP contribution in [0.15, 0.2) is 35.1 Å². The van der Waals surface area contributed by atoms with E-state index in [1.54, 1.807) is 0 Å². The largest absolute Gasteiger partial charge is 0.322 e. The van der Waals surface area contributed by atoms with Crippen molar-refractivity contribution in [2.75, 3.05) is 0 Å². The Hall–Kier alpha value is -1.87. The first-order valence-electron chi connectivity index (χ1n) is 7.00. The van der Waals surface area contributed by atoms with Crippen LogP contribution >= 0.6 is 0 Å². The van der Waals surface area contributed by atoms with Gasteiger partial charge in [-0.1, -0.05) is 43.7 Å². The standard InChI is InChI=1S/C17H22N2O/c1-11(2)18-10-14-6-8-16(19-17(14)20)15-7-5-12(3)9-13(15)4/h5-9,11,18H,10H2,1-4H3,(H,19,20). The van der Waals surface area contributed by atoms with Gasteiger partial charge in [-0.25, -0.2) is 0 Å². The summed E-state index contributed by atoms with van der Waals surface area (Å²) in [5, 5.41) is 3.26. The van der Waals surface area contributed by atoms with Gasteiger partial charge < -0.3 is 10.3 Å². The number of rotatable bonds is 4. The Balaban J connectivity index is 2.31. The summed E-state index contributed by atoms with van der Waals surface area (Å²) in [5.74, 6) is 0. The molecule has 1 heterocycles. The minimum absolute atomic E-state index is 0.0179. The minimum atomic E-state index is -0.0179. The Morgan fingerprint density at radius 3 is 2.50 bits per heavy atom. The molecule has 2 aromatic rings. The van der Waals surface area contributed by atoms with Crippen LogP contribution in [0.3, 0.4) is 0 Å². The molecule has 1 aromatic heterocycles. The van der Waals surface area contributed by atoms with Crippen molar-refractivity contribution in [3.05, 3.63) is 57.4 Å². The van der Waals surface area contributed by atoms with E-state index in [-0.39, 0.29) is 5.56 Å². The highest BCUT2D eigenvalue weighted by molar-refractivity contribution is 5.63. The summed E-state index contributed by atoms with van der Waals surface area (Å²) in [4.78, 5) is 15.1. The van der Waals surface area contributed by atoms with Crippen molar-refractivity contribution in [2.45, 2.75) is 40.3 Å². The normalized spacial score (nSPS) is 11.1. The summed E-state index contributed by atoms with van der Waals surface area (Å²) in [6, 6.07) is 10.5. The molecule has 0 fully saturated rings. The first-order valence-corrected chi connectivity index (χ1v) is 7.00. The maximum absolute atomic E-state index is 12.1. The summed E-state index contributed by atoms with van der Waals surface area (Å²) >= 11 is 0. The summed E-state index contributed by atoms with van der Waals surface area (Å²) in [5.41, 5.74) is 5.11. The number of hydrogen-bond donors (Lipinski definition) is 2. The van der Waals surface area contributed by atoms with Gasteiger partial charge in [0, 0.05) is 29.4 Å². The van der Waals surface area contributed by atoms with Crippen molar-refractivity contribution in [1.29, 1.82) is 0 Å². The van der Waals surface area contributed by atoms with Gasteiger partial charge in [0.25, 0.3) is 5.56 Å². The summed E-state index contributed by atoms with van der Waals surface area (Å²) in [6.45, 7) is 8.87. The van der Waals surface area contributed by atoms with Crippen LogP contribution in [0.5, 0.6) is 0 Å². The molecule has 0 aliphatic heterocycles. The van der Waals surface area contributed by atoms with E-state index < -0.39 is 0 Å². The molecule has 0 spiro atoms. The van der Waals surface area contributed by atoms with Gasteiger partial charge in [0.15, 0.2) is 0 Å². The van der Waals surface area contributed by atoms with Crippen LogP contribution in [0.2, 0.25) is 0 Å². The predicted octanol–water partition coefficient (Wildman–Crippen LogP) is 3.16. The van der Waals surface area contributed by atoms with Crippen LogP contribution in [-0.4, -0.2) is 11.0 Å². The molecular weight excluding hydrogens is 248 g/mol. The molecular formula is C17H22N2O. The highest BCUT2D eigenvalue weighted by Gasteiger charge is 2.06. The molecule has 3 nitrogen and oxygen atoms in total. The lowest BCUT2D eigenvalue weighted by Crippen LogP contribution is -2.26. The Kier molecular flexibility index (Phi) is 4.40. The molecule has 0 saturated heterocycles. The SMILES string of the molecule is Cc1ccc(-c2ccc(CNC(C)C)c(=O)[nH]2)c(C)c1. The highest BCUT2D eigenvalue weighted by Crippen LogP contribution is 2.21. The van der Waals surface area contributed by atoms with Gasteiger partial charge in [0.05, 0.1) is 0 Å². The maximum Gasteiger partial charge on any atom is 0.252 e. The van der Waals surface area contributed by atoms with Crippen LogP contribution in [0.25, 0.3) is 11.3 Å². The second-order valence-electron chi connectivity index (χ2n) is 5.58. The van der Waals surface area contributed by atoms with Crippen molar-refractivity contribution >= 4 is 0 Å².